The van der Waals surface area contributed by atoms with Crippen LogP contribution in [0.25, 0.3) is 17.0 Å². The molecule has 3 heterocycles. The summed E-state index contributed by atoms with van der Waals surface area (Å²) in [5, 5.41) is 1.64. The molecule has 2 aromatic carbocycles. The molecule has 150 valence electrons. The summed E-state index contributed by atoms with van der Waals surface area (Å²) in [6, 6.07) is 17.2. The van der Waals surface area contributed by atoms with Crippen molar-refractivity contribution in [3.63, 3.8) is 0 Å². The molecular weight excluding hydrogens is 398 g/mol. The highest BCUT2D eigenvalue weighted by molar-refractivity contribution is 6.30. The number of hydrogen-bond acceptors (Lipinski definition) is 5. The highest BCUT2D eigenvalue weighted by Crippen LogP contribution is 2.29. The first kappa shape index (κ1) is 18.8. The lowest BCUT2D eigenvalue weighted by Gasteiger charge is -2.29. The molecule has 1 fully saturated rings. The molecule has 0 spiro atoms. The number of aliphatic imine (C=N–C) groups is 1. The minimum atomic E-state index is -0.460. The van der Waals surface area contributed by atoms with E-state index in [9.17, 15) is 4.79 Å². The summed E-state index contributed by atoms with van der Waals surface area (Å²) in [6.07, 6.45) is 5.31. The molecule has 1 saturated heterocycles. The molecule has 5 rings (SSSR count). The second-order valence-corrected chi connectivity index (χ2v) is 7.92. The molecule has 0 amide bonds. The van der Waals surface area contributed by atoms with Gasteiger partial charge in [-0.3, -0.25) is 0 Å². The van der Waals surface area contributed by atoms with Gasteiger partial charge in [-0.05, 0) is 61.7 Å². The van der Waals surface area contributed by atoms with E-state index in [0.29, 0.717) is 10.6 Å². The van der Waals surface area contributed by atoms with Gasteiger partial charge < -0.3 is 9.64 Å². The third-order valence-corrected chi connectivity index (χ3v) is 5.64. The molecule has 0 bridgehead atoms. The highest BCUT2D eigenvalue weighted by atomic mass is 35.5. The van der Waals surface area contributed by atoms with E-state index >= 15 is 0 Å². The number of aromatic nitrogens is 1. The first-order chi connectivity index (χ1) is 14.7. The Hall–Kier alpha value is -3.18. The minimum Gasteiger partial charge on any atom is -0.402 e. The van der Waals surface area contributed by atoms with Crippen molar-refractivity contribution in [2.24, 2.45) is 4.99 Å². The van der Waals surface area contributed by atoms with Gasteiger partial charge in [-0.1, -0.05) is 29.8 Å². The SMILES string of the molecule is O=C1OC(c2ccc(Cl)cc2)=N/C1=C\c1cc2ccccc2nc1N1CCCCC1. The maximum Gasteiger partial charge on any atom is 0.363 e. The number of nitrogens with zero attached hydrogens (tertiary/aromatic N) is 3. The Morgan fingerprint density at radius 3 is 2.57 bits per heavy atom. The van der Waals surface area contributed by atoms with Crippen molar-refractivity contribution in [2.45, 2.75) is 19.3 Å². The van der Waals surface area contributed by atoms with Gasteiger partial charge in [0.05, 0.1) is 5.52 Å². The van der Waals surface area contributed by atoms with Crippen molar-refractivity contribution in [3.05, 3.63) is 76.4 Å². The van der Waals surface area contributed by atoms with Gasteiger partial charge in [-0.25, -0.2) is 14.8 Å². The van der Waals surface area contributed by atoms with Crippen LogP contribution < -0.4 is 4.90 Å². The second kappa shape index (κ2) is 7.92. The zero-order chi connectivity index (χ0) is 20.5. The molecule has 0 N–H and O–H groups in total. The fourth-order valence-electron chi connectivity index (χ4n) is 3.86. The van der Waals surface area contributed by atoms with Gasteiger partial charge in [-0.15, -0.1) is 0 Å². The molecule has 0 atom stereocenters. The number of fused-ring (bicyclic) bond motifs is 1. The molecule has 0 radical (unpaired) electrons. The van der Waals surface area contributed by atoms with Crippen molar-refractivity contribution < 1.29 is 9.53 Å². The lowest BCUT2D eigenvalue weighted by atomic mass is 10.1. The van der Waals surface area contributed by atoms with E-state index in [1.807, 2.05) is 24.3 Å². The zero-order valence-electron chi connectivity index (χ0n) is 16.3. The number of hydrogen-bond donors (Lipinski definition) is 0. The molecular formula is C24H20ClN3O2. The number of rotatable bonds is 3. The fraction of sp³-hybridized carbons (Fsp3) is 0.208. The van der Waals surface area contributed by atoms with E-state index in [4.69, 9.17) is 21.3 Å². The van der Waals surface area contributed by atoms with Crippen molar-refractivity contribution >= 4 is 46.3 Å². The Balaban J connectivity index is 1.58. The van der Waals surface area contributed by atoms with Gasteiger partial charge in [0, 0.05) is 34.6 Å². The predicted molar refractivity (Wildman–Crippen MR) is 120 cm³/mol. The molecule has 0 saturated carbocycles. The molecule has 6 heteroatoms. The Morgan fingerprint density at radius 2 is 1.77 bits per heavy atom. The van der Waals surface area contributed by atoms with E-state index in [2.05, 4.69) is 16.0 Å². The van der Waals surface area contributed by atoms with Gasteiger partial charge in [-0.2, -0.15) is 0 Å². The maximum atomic E-state index is 12.5. The van der Waals surface area contributed by atoms with E-state index in [0.717, 1.165) is 48.2 Å². The van der Waals surface area contributed by atoms with E-state index in [1.165, 1.54) is 6.42 Å². The Bertz CT molecular complexity index is 1180. The number of carbonyl (C=O) groups is 1. The van der Waals surface area contributed by atoms with Crippen LogP contribution in [0.4, 0.5) is 5.82 Å². The number of esters is 1. The van der Waals surface area contributed by atoms with Crippen molar-refractivity contribution in [1.29, 1.82) is 0 Å². The third kappa shape index (κ3) is 3.68. The Kier molecular flexibility index (Phi) is 4.97. The van der Waals surface area contributed by atoms with Crippen molar-refractivity contribution in [3.8, 4) is 0 Å². The van der Waals surface area contributed by atoms with E-state index in [-0.39, 0.29) is 11.6 Å². The Labute approximate surface area is 179 Å². The largest absolute Gasteiger partial charge is 0.402 e. The number of anilines is 1. The van der Waals surface area contributed by atoms with Gasteiger partial charge in [0.2, 0.25) is 5.90 Å². The topological polar surface area (TPSA) is 54.8 Å². The monoisotopic (exact) mass is 417 g/mol. The van der Waals surface area contributed by atoms with Gasteiger partial charge in [0.15, 0.2) is 5.70 Å². The van der Waals surface area contributed by atoms with Gasteiger partial charge >= 0.3 is 5.97 Å². The first-order valence-corrected chi connectivity index (χ1v) is 10.5. The van der Waals surface area contributed by atoms with Crippen molar-refractivity contribution in [1.82, 2.24) is 4.98 Å². The number of carbonyl (C=O) groups excluding carboxylic acids is 1. The maximum absolute atomic E-state index is 12.5. The third-order valence-electron chi connectivity index (χ3n) is 5.39. The van der Waals surface area contributed by atoms with Crippen molar-refractivity contribution in [2.75, 3.05) is 18.0 Å². The number of cyclic esters (lactones) is 1. The van der Waals surface area contributed by atoms with Crippen LogP contribution in [0, 0.1) is 0 Å². The molecule has 0 aliphatic carbocycles. The normalized spacial score (nSPS) is 18.0. The van der Waals surface area contributed by atoms with Crippen LogP contribution in [0.2, 0.25) is 5.02 Å². The van der Waals surface area contributed by atoms with Crippen LogP contribution in [0.15, 0.2) is 65.3 Å². The lowest BCUT2D eigenvalue weighted by molar-refractivity contribution is -0.129. The molecule has 30 heavy (non-hydrogen) atoms. The zero-order valence-corrected chi connectivity index (χ0v) is 17.1. The summed E-state index contributed by atoms with van der Waals surface area (Å²) in [7, 11) is 0. The first-order valence-electron chi connectivity index (χ1n) is 10.1. The summed E-state index contributed by atoms with van der Waals surface area (Å²) in [5.74, 6) is 0.720. The second-order valence-electron chi connectivity index (χ2n) is 7.48. The summed E-state index contributed by atoms with van der Waals surface area (Å²) in [5.41, 5.74) is 2.81. The number of ether oxygens (including phenoxy) is 1. The summed E-state index contributed by atoms with van der Waals surface area (Å²) >= 11 is 5.95. The number of piperidine rings is 1. The predicted octanol–water partition coefficient (Wildman–Crippen LogP) is 5.22. The fourth-order valence-corrected chi connectivity index (χ4v) is 3.99. The number of halogens is 1. The molecule has 2 aliphatic heterocycles. The van der Waals surface area contributed by atoms with Crippen LogP contribution in [0.1, 0.15) is 30.4 Å². The van der Waals surface area contributed by atoms with Crippen LogP contribution in [0.5, 0.6) is 0 Å². The quantitative estimate of drug-likeness (QED) is 0.433. The molecule has 5 nitrogen and oxygen atoms in total. The smallest absolute Gasteiger partial charge is 0.363 e. The molecule has 3 aromatic rings. The lowest BCUT2D eigenvalue weighted by Crippen LogP contribution is -2.30. The van der Waals surface area contributed by atoms with Crippen LogP contribution in [-0.4, -0.2) is 29.9 Å². The average molecular weight is 418 g/mol. The summed E-state index contributed by atoms with van der Waals surface area (Å²) in [4.78, 5) is 24.2. The minimum absolute atomic E-state index is 0.273. The van der Waals surface area contributed by atoms with E-state index < -0.39 is 5.97 Å². The number of para-hydroxylation sites is 1. The van der Waals surface area contributed by atoms with Gasteiger partial charge in [0.1, 0.15) is 5.82 Å². The average Bonchev–Trinajstić information content (AvgIpc) is 3.14. The number of pyridine rings is 1. The van der Waals surface area contributed by atoms with Crippen LogP contribution >= 0.6 is 11.6 Å². The van der Waals surface area contributed by atoms with Crippen LogP contribution in [0.3, 0.4) is 0 Å². The highest BCUT2D eigenvalue weighted by Gasteiger charge is 2.25. The Morgan fingerprint density at radius 1 is 1.00 bits per heavy atom. The standard InChI is InChI=1S/C24H20ClN3O2/c25-19-10-8-16(9-11-19)23-27-21(24(29)30-23)15-18-14-17-6-2-3-7-20(17)26-22(18)28-12-4-1-5-13-28/h2-3,6-11,14-15H,1,4-5,12-13H2/b21-15-. The molecule has 0 unspecified atom stereocenters. The summed E-state index contributed by atoms with van der Waals surface area (Å²) < 4.78 is 5.41. The number of benzene rings is 2. The van der Waals surface area contributed by atoms with Crippen LogP contribution in [-0.2, 0) is 9.53 Å². The summed E-state index contributed by atoms with van der Waals surface area (Å²) in [6.45, 7) is 1.93. The molecule has 1 aromatic heterocycles. The van der Waals surface area contributed by atoms with E-state index in [1.54, 1.807) is 30.3 Å². The molecule has 2 aliphatic rings. The van der Waals surface area contributed by atoms with Gasteiger partial charge in [0.25, 0.3) is 0 Å².